The first-order valence-corrected chi connectivity index (χ1v) is 7.53. The van der Waals surface area contributed by atoms with Crippen molar-refractivity contribution < 1.29 is 9.18 Å². The van der Waals surface area contributed by atoms with Crippen molar-refractivity contribution in [3.63, 3.8) is 0 Å². The average molecular weight is 298 g/mol. The van der Waals surface area contributed by atoms with Crippen LogP contribution >= 0.6 is 0 Å². The Balaban J connectivity index is 1.65. The minimum atomic E-state index is -0.445. The summed E-state index contributed by atoms with van der Waals surface area (Å²) in [5.41, 5.74) is 2.17. The normalized spacial score (nSPS) is 15.8. The van der Waals surface area contributed by atoms with Crippen LogP contribution in [0.1, 0.15) is 15.9 Å². The van der Waals surface area contributed by atoms with Gasteiger partial charge in [-0.15, -0.1) is 0 Å². The first-order chi connectivity index (χ1) is 10.8. The van der Waals surface area contributed by atoms with Crippen LogP contribution in [0.2, 0.25) is 0 Å². The van der Waals surface area contributed by atoms with E-state index in [1.54, 1.807) is 6.07 Å². The molecule has 0 aliphatic carbocycles. The largest absolute Gasteiger partial charge is 0.368 e. The van der Waals surface area contributed by atoms with Crippen molar-refractivity contribution >= 4 is 12.0 Å². The first kappa shape index (κ1) is 14.7. The predicted molar refractivity (Wildman–Crippen MR) is 85.7 cm³/mol. The van der Waals surface area contributed by atoms with Gasteiger partial charge in [0.2, 0.25) is 0 Å². The summed E-state index contributed by atoms with van der Waals surface area (Å²) >= 11 is 0. The van der Waals surface area contributed by atoms with Crippen LogP contribution in [0.25, 0.3) is 0 Å². The van der Waals surface area contributed by atoms with Crippen molar-refractivity contribution in [1.29, 1.82) is 0 Å². The molecule has 4 heteroatoms. The van der Waals surface area contributed by atoms with Gasteiger partial charge >= 0.3 is 0 Å². The van der Waals surface area contributed by atoms with Crippen molar-refractivity contribution in [3.05, 3.63) is 65.5 Å². The van der Waals surface area contributed by atoms with E-state index in [0.29, 0.717) is 12.0 Å². The van der Waals surface area contributed by atoms with Gasteiger partial charge in [-0.2, -0.15) is 0 Å². The summed E-state index contributed by atoms with van der Waals surface area (Å²) in [6, 6.07) is 15.2. The van der Waals surface area contributed by atoms with E-state index in [1.165, 1.54) is 11.6 Å². The van der Waals surface area contributed by atoms with Gasteiger partial charge in [0.05, 0.1) is 11.3 Å². The number of halogens is 1. The van der Waals surface area contributed by atoms with E-state index in [0.717, 1.165) is 32.7 Å². The average Bonchev–Trinajstić information content (AvgIpc) is 2.56. The molecule has 22 heavy (non-hydrogen) atoms. The molecule has 3 rings (SSSR count). The third-order valence-electron chi connectivity index (χ3n) is 4.11. The molecule has 2 aromatic rings. The zero-order valence-electron chi connectivity index (χ0n) is 12.4. The molecule has 0 N–H and O–H groups in total. The number of hydrogen-bond donors (Lipinski definition) is 0. The molecule has 0 bridgehead atoms. The zero-order chi connectivity index (χ0) is 15.4. The maximum absolute atomic E-state index is 13.7. The summed E-state index contributed by atoms with van der Waals surface area (Å²) in [5.74, 6) is -0.445. The Kier molecular flexibility index (Phi) is 4.49. The lowest BCUT2D eigenvalue weighted by molar-refractivity contribution is 0.112. The molecule has 1 aliphatic rings. The highest BCUT2D eigenvalue weighted by Crippen LogP contribution is 2.23. The van der Waals surface area contributed by atoms with E-state index in [-0.39, 0.29) is 5.56 Å². The van der Waals surface area contributed by atoms with Crippen molar-refractivity contribution in [1.82, 2.24) is 4.90 Å². The second-order valence-corrected chi connectivity index (χ2v) is 5.54. The molecule has 0 aromatic heterocycles. The van der Waals surface area contributed by atoms with Crippen molar-refractivity contribution in [3.8, 4) is 0 Å². The summed E-state index contributed by atoms with van der Waals surface area (Å²) in [4.78, 5) is 15.6. The smallest absolute Gasteiger partial charge is 0.155 e. The van der Waals surface area contributed by atoms with Crippen molar-refractivity contribution in [2.75, 3.05) is 31.1 Å². The number of piperazine rings is 1. The third-order valence-corrected chi connectivity index (χ3v) is 4.11. The zero-order valence-corrected chi connectivity index (χ0v) is 12.4. The van der Waals surface area contributed by atoms with Gasteiger partial charge in [0.15, 0.2) is 6.29 Å². The molecule has 3 nitrogen and oxygen atoms in total. The highest BCUT2D eigenvalue weighted by atomic mass is 19.1. The van der Waals surface area contributed by atoms with Gasteiger partial charge < -0.3 is 4.90 Å². The Morgan fingerprint density at radius 3 is 2.36 bits per heavy atom. The summed E-state index contributed by atoms with van der Waals surface area (Å²) in [7, 11) is 0. The molecule has 0 atom stereocenters. The second kappa shape index (κ2) is 6.71. The number of carbonyl (C=O) groups is 1. The molecule has 0 saturated carbocycles. The van der Waals surface area contributed by atoms with Gasteiger partial charge in [0.25, 0.3) is 0 Å². The monoisotopic (exact) mass is 298 g/mol. The van der Waals surface area contributed by atoms with Crippen LogP contribution in [-0.4, -0.2) is 37.4 Å². The summed E-state index contributed by atoms with van der Waals surface area (Å²) in [6.07, 6.45) is 0.612. The van der Waals surface area contributed by atoms with Crippen LogP contribution in [0.5, 0.6) is 0 Å². The molecule has 1 aliphatic heterocycles. The molecule has 0 radical (unpaired) electrons. The number of anilines is 1. The molecule has 1 fully saturated rings. The van der Waals surface area contributed by atoms with E-state index < -0.39 is 5.82 Å². The van der Waals surface area contributed by atoms with Gasteiger partial charge in [-0.3, -0.25) is 9.69 Å². The van der Waals surface area contributed by atoms with E-state index in [4.69, 9.17) is 0 Å². The van der Waals surface area contributed by atoms with Crippen LogP contribution < -0.4 is 4.90 Å². The fraction of sp³-hybridized carbons (Fsp3) is 0.278. The fourth-order valence-corrected chi connectivity index (χ4v) is 2.91. The molecule has 0 unspecified atom stereocenters. The Hall–Kier alpha value is -2.20. The molecule has 2 aromatic carbocycles. The van der Waals surface area contributed by atoms with Crippen LogP contribution in [0.4, 0.5) is 10.1 Å². The van der Waals surface area contributed by atoms with Crippen LogP contribution in [0.15, 0.2) is 48.5 Å². The highest BCUT2D eigenvalue weighted by molar-refractivity contribution is 5.85. The van der Waals surface area contributed by atoms with Gasteiger partial charge in [-0.25, -0.2) is 4.39 Å². The minimum Gasteiger partial charge on any atom is -0.368 e. The lowest BCUT2D eigenvalue weighted by Crippen LogP contribution is -2.46. The predicted octanol–water partition coefficient (Wildman–Crippen LogP) is 2.96. The number of nitrogens with zero attached hydrogens (tertiary/aromatic N) is 2. The molecule has 0 spiro atoms. The molecular formula is C18H19FN2O. The topological polar surface area (TPSA) is 23.6 Å². The Morgan fingerprint density at radius 1 is 0.955 bits per heavy atom. The van der Waals surface area contributed by atoms with Crippen LogP contribution in [0.3, 0.4) is 0 Å². The Bertz CT molecular complexity index is 637. The van der Waals surface area contributed by atoms with E-state index >= 15 is 0 Å². The lowest BCUT2D eigenvalue weighted by Gasteiger charge is -2.36. The van der Waals surface area contributed by atoms with Crippen molar-refractivity contribution in [2.24, 2.45) is 0 Å². The molecular weight excluding hydrogens is 279 g/mol. The van der Waals surface area contributed by atoms with E-state index in [2.05, 4.69) is 34.1 Å². The van der Waals surface area contributed by atoms with E-state index in [9.17, 15) is 9.18 Å². The second-order valence-electron chi connectivity index (χ2n) is 5.54. The van der Waals surface area contributed by atoms with Crippen molar-refractivity contribution in [2.45, 2.75) is 6.54 Å². The standard InChI is InChI=1S/C18H19FN2O/c19-17-7-4-8-18(16(17)14-22)21-11-9-20(10-12-21)13-15-5-2-1-3-6-15/h1-8,14H,9-13H2. The SMILES string of the molecule is O=Cc1c(F)cccc1N1CCN(Cc2ccccc2)CC1. The quantitative estimate of drug-likeness (QED) is 0.811. The molecule has 114 valence electrons. The Labute approximate surface area is 130 Å². The molecule has 0 amide bonds. The van der Waals surface area contributed by atoms with Crippen LogP contribution in [-0.2, 0) is 6.54 Å². The molecule has 1 heterocycles. The van der Waals surface area contributed by atoms with Gasteiger partial charge in [0.1, 0.15) is 5.82 Å². The Morgan fingerprint density at radius 2 is 1.68 bits per heavy atom. The number of aldehydes is 1. The molecule has 1 saturated heterocycles. The third kappa shape index (κ3) is 3.17. The number of carbonyl (C=O) groups excluding carboxylic acids is 1. The maximum Gasteiger partial charge on any atom is 0.155 e. The number of benzene rings is 2. The fourth-order valence-electron chi connectivity index (χ4n) is 2.91. The summed E-state index contributed by atoms with van der Waals surface area (Å²) in [6.45, 7) is 4.35. The van der Waals surface area contributed by atoms with Gasteiger partial charge in [-0.1, -0.05) is 36.4 Å². The van der Waals surface area contributed by atoms with Gasteiger partial charge in [-0.05, 0) is 17.7 Å². The number of rotatable bonds is 4. The summed E-state index contributed by atoms with van der Waals surface area (Å²) < 4.78 is 13.7. The lowest BCUT2D eigenvalue weighted by atomic mass is 10.1. The van der Waals surface area contributed by atoms with Gasteiger partial charge in [0, 0.05) is 32.7 Å². The minimum absolute atomic E-state index is 0.166. The number of hydrogen-bond acceptors (Lipinski definition) is 3. The highest BCUT2D eigenvalue weighted by Gasteiger charge is 2.20. The maximum atomic E-state index is 13.7. The van der Waals surface area contributed by atoms with Crippen LogP contribution in [0, 0.1) is 5.82 Å². The summed E-state index contributed by atoms with van der Waals surface area (Å²) in [5, 5.41) is 0. The van der Waals surface area contributed by atoms with E-state index in [1.807, 2.05) is 12.1 Å². The first-order valence-electron chi connectivity index (χ1n) is 7.53.